The predicted molar refractivity (Wildman–Crippen MR) is 226 cm³/mol. The standard InChI is InChI=1S/C53H30O2/c1-2-12-35-33(11-1)28-41(34-23-26-50-43(29-34)39-16-6-10-20-48(39)55-50)51-40-24-21-32(31-22-25-49-42(27-31)38-15-5-9-19-47(38)54-49)30-46(40)53(52(35)51)44-17-7-3-13-36(44)37-14-4-8-18-45(37)53/h1-30H. The van der Waals surface area contributed by atoms with Gasteiger partial charge in [-0.25, -0.2) is 0 Å². The van der Waals surface area contributed by atoms with Crippen LogP contribution in [-0.2, 0) is 5.41 Å². The van der Waals surface area contributed by atoms with Crippen LogP contribution >= 0.6 is 0 Å². The minimum Gasteiger partial charge on any atom is -0.456 e. The van der Waals surface area contributed by atoms with Crippen LogP contribution in [0.4, 0.5) is 0 Å². The van der Waals surface area contributed by atoms with Gasteiger partial charge in [0.25, 0.3) is 0 Å². The van der Waals surface area contributed by atoms with Crippen LogP contribution in [-0.4, -0.2) is 0 Å². The lowest BCUT2D eigenvalue weighted by molar-refractivity contribution is 0.668. The molecule has 2 heteroatoms. The van der Waals surface area contributed by atoms with E-state index in [1.54, 1.807) is 0 Å². The predicted octanol–water partition coefficient (Wildman–Crippen LogP) is 14.3. The second-order valence-corrected chi connectivity index (χ2v) is 15.1. The summed E-state index contributed by atoms with van der Waals surface area (Å²) in [5.74, 6) is 0. The molecule has 0 unspecified atom stereocenters. The zero-order valence-corrected chi connectivity index (χ0v) is 29.6. The zero-order chi connectivity index (χ0) is 35.8. The van der Waals surface area contributed by atoms with Gasteiger partial charge in [-0.3, -0.25) is 0 Å². The average Bonchev–Trinajstić information content (AvgIpc) is 3.98. The first-order valence-corrected chi connectivity index (χ1v) is 19.0. The number of hydrogen-bond acceptors (Lipinski definition) is 2. The zero-order valence-electron chi connectivity index (χ0n) is 29.6. The first-order valence-electron chi connectivity index (χ1n) is 19.0. The molecule has 1 spiro atoms. The molecule has 13 rings (SSSR count). The highest BCUT2D eigenvalue weighted by Gasteiger charge is 2.53. The lowest BCUT2D eigenvalue weighted by Crippen LogP contribution is -2.26. The van der Waals surface area contributed by atoms with Gasteiger partial charge in [-0.2, -0.15) is 0 Å². The van der Waals surface area contributed by atoms with E-state index in [2.05, 4.69) is 170 Å². The Bertz CT molecular complexity index is 3400. The van der Waals surface area contributed by atoms with Crippen LogP contribution in [0.15, 0.2) is 191 Å². The highest BCUT2D eigenvalue weighted by Crippen LogP contribution is 2.66. The third-order valence-corrected chi connectivity index (χ3v) is 12.5. The van der Waals surface area contributed by atoms with Gasteiger partial charge < -0.3 is 8.83 Å². The summed E-state index contributed by atoms with van der Waals surface area (Å²) in [7, 11) is 0. The molecule has 0 bridgehead atoms. The van der Waals surface area contributed by atoms with Gasteiger partial charge in [-0.1, -0.05) is 133 Å². The van der Waals surface area contributed by atoms with Gasteiger partial charge in [0.2, 0.25) is 0 Å². The third kappa shape index (κ3) is 3.73. The Kier molecular flexibility index (Phi) is 5.59. The molecule has 2 aliphatic carbocycles. The molecule has 0 fully saturated rings. The SMILES string of the molecule is c1ccc2c(c1)-c1ccccc1C21c2cc(-c3ccc4oc5ccccc5c4c3)ccc2-c2c(-c3ccc4oc5ccccc5c4c3)cc3ccccc3c21. The summed E-state index contributed by atoms with van der Waals surface area (Å²) in [5.41, 5.74) is 18.4. The normalized spacial score (nSPS) is 13.6. The molecule has 0 aliphatic heterocycles. The maximum Gasteiger partial charge on any atom is 0.135 e. The summed E-state index contributed by atoms with van der Waals surface area (Å²) in [4.78, 5) is 0. The van der Waals surface area contributed by atoms with Crippen molar-refractivity contribution in [2.75, 3.05) is 0 Å². The van der Waals surface area contributed by atoms with Crippen molar-refractivity contribution in [1.82, 2.24) is 0 Å². The van der Waals surface area contributed by atoms with Crippen molar-refractivity contribution in [1.29, 1.82) is 0 Å². The first kappa shape index (κ1) is 29.3. The highest BCUT2D eigenvalue weighted by molar-refractivity contribution is 6.12. The molecule has 0 saturated heterocycles. The average molecular weight is 699 g/mol. The van der Waals surface area contributed by atoms with Crippen LogP contribution in [0, 0.1) is 0 Å². The molecule has 11 aromatic rings. The van der Waals surface area contributed by atoms with Gasteiger partial charge in [-0.05, 0) is 126 Å². The molecule has 0 saturated carbocycles. The summed E-state index contributed by atoms with van der Waals surface area (Å²) in [6.07, 6.45) is 0. The van der Waals surface area contributed by atoms with Crippen molar-refractivity contribution in [2.45, 2.75) is 5.41 Å². The fourth-order valence-electron chi connectivity index (χ4n) is 10.2. The van der Waals surface area contributed by atoms with E-state index in [1.165, 1.54) is 77.5 Å². The van der Waals surface area contributed by atoms with E-state index in [9.17, 15) is 0 Å². The molecule has 0 N–H and O–H groups in total. The van der Waals surface area contributed by atoms with E-state index in [4.69, 9.17) is 8.83 Å². The minimum atomic E-state index is -0.525. The van der Waals surface area contributed by atoms with Crippen molar-refractivity contribution in [3.05, 3.63) is 204 Å². The Morgan fingerprint density at radius 1 is 0.309 bits per heavy atom. The number of hydrogen-bond donors (Lipinski definition) is 0. The number of rotatable bonds is 2. The molecule has 2 aliphatic rings. The first-order chi connectivity index (χ1) is 27.3. The lowest BCUT2D eigenvalue weighted by Gasteiger charge is -2.32. The van der Waals surface area contributed by atoms with Gasteiger partial charge in [0.15, 0.2) is 0 Å². The summed E-state index contributed by atoms with van der Waals surface area (Å²) >= 11 is 0. The molecule has 2 aromatic heterocycles. The largest absolute Gasteiger partial charge is 0.456 e. The van der Waals surface area contributed by atoms with Crippen molar-refractivity contribution >= 4 is 54.6 Å². The third-order valence-electron chi connectivity index (χ3n) is 12.5. The van der Waals surface area contributed by atoms with Crippen molar-refractivity contribution in [2.24, 2.45) is 0 Å². The number of para-hydroxylation sites is 2. The van der Waals surface area contributed by atoms with E-state index in [-0.39, 0.29) is 0 Å². The van der Waals surface area contributed by atoms with Crippen LogP contribution in [0.3, 0.4) is 0 Å². The fourth-order valence-corrected chi connectivity index (χ4v) is 10.2. The molecule has 2 nitrogen and oxygen atoms in total. The van der Waals surface area contributed by atoms with E-state index in [0.717, 1.165) is 43.9 Å². The maximum absolute atomic E-state index is 6.31. The van der Waals surface area contributed by atoms with Crippen LogP contribution in [0.2, 0.25) is 0 Å². The Morgan fingerprint density at radius 3 is 1.51 bits per heavy atom. The summed E-state index contributed by atoms with van der Waals surface area (Å²) in [5, 5.41) is 7.07. The quantitative estimate of drug-likeness (QED) is 0.180. The summed E-state index contributed by atoms with van der Waals surface area (Å²) in [6, 6.07) is 66.8. The summed E-state index contributed by atoms with van der Waals surface area (Å²) < 4.78 is 12.6. The second kappa shape index (κ2) is 10.5. The molecule has 0 amide bonds. The molecular weight excluding hydrogens is 669 g/mol. The monoisotopic (exact) mass is 698 g/mol. The second-order valence-electron chi connectivity index (χ2n) is 15.1. The Hall–Kier alpha value is -7.16. The maximum atomic E-state index is 6.31. The van der Waals surface area contributed by atoms with Crippen molar-refractivity contribution in [3.8, 4) is 44.5 Å². The van der Waals surface area contributed by atoms with Crippen LogP contribution in [0.1, 0.15) is 22.3 Å². The highest BCUT2D eigenvalue weighted by atomic mass is 16.3. The van der Waals surface area contributed by atoms with Crippen LogP contribution in [0.5, 0.6) is 0 Å². The number of fused-ring (bicyclic) bond motifs is 18. The molecule has 254 valence electrons. The Balaban J connectivity index is 1.16. The van der Waals surface area contributed by atoms with Gasteiger partial charge in [0.1, 0.15) is 22.3 Å². The molecule has 0 atom stereocenters. The number of furan rings is 2. The van der Waals surface area contributed by atoms with Gasteiger partial charge >= 0.3 is 0 Å². The van der Waals surface area contributed by atoms with E-state index < -0.39 is 5.41 Å². The lowest BCUT2D eigenvalue weighted by atomic mass is 9.69. The molecule has 0 radical (unpaired) electrons. The van der Waals surface area contributed by atoms with Gasteiger partial charge in [-0.15, -0.1) is 0 Å². The Labute approximate surface area is 316 Å². The topological polar surface area (TPSA) is 26.3 Å². The van der Waals surface area contributed by atoms with Gasteiger partial charge in [0, 0.05) is 21.5 Å². The van der Waals surface area contributed by atoms with E-state index in [1.807, 2.05) is 12.1 Å². The van der Waals surface area contributed by atoms with Crippen LogP contribution in [0.25, 0.3) is 99.2 Å². The Morgan fingerprint density at radius 2 is 0.818 bits per heavy atom. The van der Waals surface area contributed by atoms with Crippen molar-refractivity contribution < 1.29 is 8.83 Å². The van der Waals surface area contributed by atoms with E-state index in [0.29, 0.717) is 0 Å². The summed E-state index contributed by atoms with van der Waals surface area (Å²) in [6.45, 7) is 0. The number of benzene rings is 9. The molecule has 55 heavy (non-hydrogen) atoms. The minimum absolute atomic E-state index is 0.525. The van der Waals surface area contributed by atoms with Gasteiger partial charge in [0.05, 0.1) is 5.41 Å². The molecule has 9 aromatic carbocycles. The molecule has 2 heterocycles. The molecular formula is C53H30O2. The van der Waals surface area contributed by atoms with E-state index >= 15 is 0 Å². The van der Waals surface area contributed by atoms with Crippen LogP contribution < -0.4 is 0 Å². The fraction of sp³-hybridized carbons (Fsp3) is 0.0189. The van der Waals surface area contributed by atoms with Crippen molar-refractivity contribution in [3.63, 3.8) is 0 Å². The smallest absolute Gasteiger partial charge is 0.135 e.